The molecule has 9 heavy (non-hydrogen) atoms. The maximum Gasteiger partial charge on any atom is 0.233 e. The second-order valence-corrected chi connectivity index (χ2v) is 1.50. The molecule has 0 fully saturated rings. The number of rotatable bonds is 3. The number of Topliss-reactive ketones (excluding diaryl/α,β-unsaturated/α-hetero) is 2. The molecule has 0 aliphatic heterocycles. The molecular formula is C5H6O4. The molecule has 0 heterocycles. The van der Waals surface area contributed by atoms with E-state index in [1.165, 1.54) is 0 Å². The summed E-state index contributed by atoms with van der Waals surface area (Å²) in [6, 6.07) is 0. The minimum atomic E-state index is -1.78. The van der Waals surface area contributed by atoms with Crippen LogP contribution in [0.3, 0.4) is 0 Å². The van der Waals surface area contributed by atoms with Crippen molar-refractivity contribution in [2.75, 3.05) is 0 Å². The van der Waals surface area contributed by atoms with E-state index < -0.39 is 17.7 Å². The molecule has 0 bridgehead atoms. The molecule has 1 N–H and O–H groups in total. The average Bonchev–Trinajstić information content (AvgIpc) is 1.84. The minimum absolute atomic E-state index is 0.0176. The predicted molar refractivity (Wildman–Crippen MR) is 27.8 cm³/mol. The van der Waals surface area contributed by atoms with Gasteiger partial charge < -0.3 is 5.11 Å². The third kappa shape index (κ3) is 2.14. The normalized spacial score (nSPS) is 12.2. The van der Waals surface area contributed by atoms with Crippen molar-refractivity contribution in [2.45, 2.75) is 13.0 Å². The van der Waals surface area contributed by atoms with Crippen LogP contribution in [0.25, 0.3) is 0 Å². The zero-order valence-electron chi connectivity index (χ0n) is 4.83. The highest BCUT2D eigenvalue weighted by molar-refractivity contribution is 6.40. The molecule has 0 saturated carbocycles. The van der Waals surface area contributed by atoms with Gasteiger partial charge in [-0.2, -0.15) is 0 Å². The Morgan fingerprint density at radius 2 is 2.00 bits per heavy atom. The van der Waals surface area contributed by atoms with Gasteiger partial charge in [-0.25, -0.2) is 0 Å². The van der Waals surface area contributed by atoms with Crippen LogP contribution in [0.15, 0.2) is 0 Å². The van der Waals surface area contributed by atoms with E-state index in [-0.39, 0.29) is 6.29 Å². The van der Waals surface area contributed by atoms with Crippen molar-refractivity contribution in [3.05, 3.63) is 0 Å². The molecule has 0 aliphatic rings. The fourth-order valence-electron chi connectivity index (χ4n) is 0.270. The second kappa shape index (κ2) is 3.09. The van der Waals surface area contributed by atoms with Gasteiger partial charge in [0.05, 0.1) is 0 Å². The summed E-state index contributed by atoms with van der Waals surface area (Å²) in [4.78, 5) is 29.9. The molecule has 0 aromatic carbocycles. The first kappa shape index (κ1) is 7.97. The molecule has 0 rings (SSSR count). The van der Waals surface area contributed by atoms with Gasteiger partial charge in [-0.1, -0.05) is 0 Å². The van der Waals surface area contributed by atoms with Gasteiger partial charge in [0.1, 0.15) is 0 Å². The molecule has 1 atom stereocenters. The van der Waals surface area contributed by atoms with Crippen LogP contribution in [-0.2, 0) is 14.4 Å². The van der Waals surface area contributed by atoms with Crippen molar-refractivity contribution in [3.63, 3.8) is 0 Å². The maximum atomic E-state index is 10.2. The Morgan fingerprint density at radius 3 is 2.11 bits per heavy atom. The summed E-state index contributed by atoms with van der Waals surface area (Å²) in [5.41, 5.74) is 0. The van der Waals surface area contributed by atoms with Gasteiger partial charge in [-0.15, -0.1) is 0 Å². The van der Waals surface area contributed by atoms with E-state index >= 15 is 0 Å². The molecule has 0 aliphatic carbocycles. The number of aliphatic hydroxyl groups is 1. The molecule has 4 heteroatoms. The lowest BCUT2D eigenvalue weighted by atomic mass is 10.2. The Labute approximate surface area is 51.5 Å². The van der Waals surface area contributed by atoms with Gasteiger partial charge in [0.25, 0.3) is 0 Å². The van der Waals surface area contributed by atoms with Crippen LogP contribution >= 0.6 is 0 Å². The van der Waals surface area contributed by atoms with E-state index in [1.54, 1.807) is 0 Å². The third-order valence-electron chi connectivity index (χ3n) is 0.745. The van der Waals surface area contributed by atoms with Crippen LogP contribution < -0.4 is 0 Å². The number of ketones is 2. The number of carbonyl (C=O) groups excluding carboxylic acids is 3. The van der Waals surface area contributed by atoms with E-state index in [1.807, 2.05) is 0 Å². The molecule has 0 amide bonds. The van der Waals surface area contributed by atoms with Crippen molar-refractivity contribution in [1.29, 1.82) is 0 Å². The Bertz CT molecular complexity index is 149. The quantitative estimate of drug-likeness (QED) is 0.293. The van der Waals surface area contributed by atoms with Crippen molar-refractivity contribution in [3.8, 4) is 0 Å². The van der Waals surface area contributed by atoms with Crippen molar-refractivity contribution >= 4 is 17.9 Å². The van der Waals surface area contributed by atoms with Crippen LogP contribution in [0.2, 0.25) is 0 Å². The van der Waals surface area contributed by atoms with Crippen molar-refractivity contribution < 1.29 is 19.5 Å². The summed E-state index contributed by atoms with van der Waals surface area (Å²) >= 11 is 0. The van der Waals surface area contributed by atoms with Crippen LogP contribution in [0.1, 0.15) is 6.92 Å². The summed E-state index contributed by atoms with van der Waals surface area (Å²) in [7, 11) is 0. The molecule has 0 aromatic heterocycles. The maximum absolute atomic E-state index is 10.2. The highest BCUT2D eigenvalue weighted by Gasteiger charge is 2.17. The second-order valence-electron chi connectivity index (χ2n) is 1.50. The largest absolute Gasteiger partial charge is 0.377 e. The lowest BCUT2D eigenvalue weighted by Gasteiger charge is -1.93. The SMILES string of the molecule is CC(=O)C(=O)C(O)C=O. The number of hydrogen-bond donors (Lipinski definition) is 1. The molecule has 1 unspecified atom stereocenters. The van der Waals surface area contributed by atoms with E-state index in [2.05, 4.69) is 0 Å². The molecule has 0 spiro atoms. The first-order valence-corrected chi connectivity index (χ1v) is 2.27. The van der Waals surface area contributed by atoms with E-state index in [4.69, 9.17) is 5.11 Å². The Kier molecular flexibility index (Phi) is 2.73. The van der Waals surface area contributed by atoms with Gasteiger partial charge in [0.15, 0.2) is 18.2 Å². The smallest absolute Gasteiger partial charge is 0.233 e. The molecule has 50 valence electrons. The van der Waals surface area contributed by atoms with Crippen molar-refractivity contribution in [1.82, 2.24) is 0 Å². The number of aldehydes is 1. The lowest BCUT2D eigenvalue weighted by molar-refractivity contribution is -0.142. The van der Waals surface area contributed by atoms with Gasteiger partial charge >= 0.3 is 0 Å². The Balaban J connectivity index is 4.03. The van der Waals surface area contributed by atoms with Crippen LogP contribution in [0.4, 0.5) is 0 Å². The van der Waals surface area contributed by atoms with Crippen LogP contribution in [-0.4, -0.2) is 29.1 Å². The van der Waals surface area contributed by atoms with Crippen LogP contribution in [0.5, 0.6) is 0 Å². The molecule has 4 nitrogen and oxygen atoms in total. The van der Waals surface area contributed by atoms with Gasteiger partial charge in [-0.3, -0.25) is 14.4 Å². The summed E-state index contributed by atoms with van der Waals surface area (Å²) in [6.07, 6.45) is -1.76. The molecule has 0 aromatic rings. The Morgan fingerprint density at radius 1 is 1.56 bits per heavy atom. The first-order chi connectivity index (χ1) is 4.09. The average molecular weight is 130 g/mol. The third-order valence-corrected chi connectivity index (χ3v) is 0.745. The lowest BCUT2D eigenvalue weighted by Crippen LogP contribution is -2.27. The Hall–Kier alpha value is -1.03. The topological polar surface area (TPSA) is 71.4 Å². The van der Waals surface area contributed by atoms with Crippen LogP contribution in [0, 0.1) is 0 Å². The summed E-state index contributed by atoms with van der Waals surface area (Å²) in [5, 5.41) is 8.36. The first-order valence-electron chi connectivity index (χ1n) is 2.27. The molecular weight excluding hydrogens is 124 g/mol. The number of hydrogen-bond acceptors (Lipinski definition) is 4. The van der Waals surface area contributed by atoms with E-state index in [0.29, 0.717) is 0 Å². The van der Waals surface area contributed by atoms with Crippen molar-refractivity contribution in [2.24, 2.45) is 0 Å². The minimum Gasteiger partial charge on any atom is -0.377 e. The summed E-state index contributed by atoms with van der Waals surface area (Å²) in [5.74, 6) is -1.88. The van der Waals surface area contributed by atoms with E-state index in [0.717, 1.165) is 6.92 Å². The fourth-order valence-corrected chi connectivity index (χ4v) is 0.270. The van der Waals surface area contributed by atoms with E-state index in [9.17, 15) is 14.4 Å². The van der Waals surface area contributed by atoms with Gasteiger partial charge in [0.2, 0.25) is 5.78 Å². The standard InChI is InChI=1S/C5H6O4/c1-3(7)5(9)4(8)2-6/h2,4,8H,1H3. The van der Waals surface area contributed by atoms with Gasteiger partial charge in [0, 0.05) is 6.92 Å². The highest BCUT2D eigenvalue weighted by Crippen LogP contribution is 1.81. The zero-order valence-corrected chi connectivity index (χ0v) is 4.83. The number of carbonyl (C=O) groups is 3. The highest BCUT2D eigenvalue weighted by atomic mass is 16.3. The predicted octanol–water partition coefficient (Wildman–Crippen LogP) is -1.30. The molecule has 0 saturated heterocycles. The summed E-state index contributed by atoms with van der Waals surface area (Å²) < 4.78 is 0. The number of aliphatic hydroxyl groups excluding tert-OH is 1. The monoisotopic (exact) mass is 130 g/mol. The van der Waals surface area contributed by atoms with Gasteiger partial charge in [-0.05, 0) is 0 Å². The fraction of sp³-hybridized carbons (Fsp3) is 0.400. The zero-order chi connectivity index (χ0) is 7.44. The molecule has 0 radical (unpaired) electrons. The summed E-state index contributed by atoms with van der Waals surface area (Å²) in [6.45, 7) is 0.995.